The summed E-state index contributed by atoms with van der Waals surface area (Å²) < 4.78 is 39.7. The first kappa shape index (κ1) is 15.0. The number of hydrogen-bond donors (Lipinski definition) is 0. The van der Waals surface area contributed by atoms with Crippen molar-refractivity contribution < 1.29 is 17.7 Å². The number of rotatable bonds is 2. The molecule has 0 N–H and O–H groups in total. The molecule has 2 aromatic carbocycles. The fourth-order valence-electron chi connectivity index (χ4n) is 2.50. The molecule has 1 heterocycles. The van der Waals surface area contributed by atoms with Crippen LogP contribution in [0.15, 0.2) is 60.8 Å². The van der Waals surface area contributed by atoms with Crippen LogP contribution >= 0.6 is 0 Å². The highest BCUT2D eigenvalue weighted by Crippen LogP contribution is 2.29. The van der Waals surface area contributed by atoms with Crippen LogP contribution < -0.4 is 4.57 Å². The smallest absolute Gasteiger partial charge is 0.193 e. The van der Waals surface area contributed by atoms with Crippen LogP contribution in [0.3, 0.4) is 0 Å². The summed E-state index contributed by atoms with van der Waals surface area (Å²) in [5.74, 6) is 0. The molecule has 3 aromatic rings. The molecular weight excluding hydrogens is 301 g/mol. The van der Waals surface area contributed by atoms with Gasteiger partial charge in [-0.15, -0.1) is 0 Å². The number of pyridine rings is 1. The van der Waals surface area contributed by atoms with E-state index in [1.807, 2.05) is 28.8 Å². The zero-order chi connectivity index (χ0) is 16.4. The summed E-state index contributed by atoms with van der Waals surface area (Å²) in [5.41, 5.74) is 1.51. The predicted octanol–water partition coefficient (Wildman–Crippen LogP) is 4.07. The fourth-order valence-corrected chi connectivity index (χ4v) is 2.50. The van der Waals surface area contributed by atoms with Crippen molar-refractivity contribution in [3.8, 4) is 6.07 Å². The Balaban J connectivity index is 2.00. The molecule has 3 rings (SSSR count). The average Bonchev–Trinajstić information content (AvgIpc) is 2.54. The van der Waals surface area contributed by atoms with Gasteiger partial charge >= 0.3 is 6.18 Å². The van der Waals surface area contributed by atoms with Crippen molar-refractivity contribution in [2.24, 2.45) is 0 Å². The second kappa shape index (κ2) is 5.73. The van der Waals surface area contributed by atoms with Gasteiger partial charge in [-0.2, -0.15) is 23.0 Å². The van der Waals surface area contributed by atoms with Crippen LogP contribution in [-0.4, -0.2) is 0 Å². The van der Waals surface area contributed by atoms with Gasteiger partial charge in [0.15, 0.2) is 12.7 Å². The van der Waals surface area contributed by atoms with Crippen molar-refractivity contribution >= 4 is 10.9 Å². The minimum atomic E-state index is -4.33. The van der Waals surface area contributed by atoms with E-state index >= 15 is 0 Å². The van der Waals surface area contributed by atoms with Gasteiger partial charge < -0.3 is 0 Å². The molecular formula is C18H12F3N2+. The molecule has 5 heteroatoms. The van der Waals surface area contributed by atoms with Crippen LogP contribution in [0, 0.1) is 11.3 Å². The molecule has 23 heavy (non-hydrogen) atoms. The summed E-state index contributed by atoms with van der Waals surface area (Å²) >= 11 is 0. The molecule has 0 aliphatic rings. The zero-order valence-electron chi connectivity index (χ0n) is 12.0. The lowest BCUT2D eigenvalue weighted by atomic mass is 10.1. The highest BCUT2D eigenvalue weighted by Gasteiger charge is 2.30. The number of nitrogens with zero attached hydrogens (tertiary/aromatic N) is 2. The lowest BCUT2D eigenvalue weighted by Gasteiger charge is -2.07. The molecule has 0 saturated carbocycles. The molecule has 114 valence electrons. The minimum Gasteiger partial charge on any atom is -0.193 e. The Kier molecular flexibility index (Phi) is 3.75. The third-order valence-electron chi connectivity index (χ3n) is 3.62. The van der Waals surface area contributed by atoms with E-state index < -0.39 is 11.7 Å². The van der Waals surface area contributed by atoms with Gasteiger partial charge in [0.05, 0.1) is 5.56 Å². The van der Waals surface area contributed by atoms with Gasteiger partial charge in [-0.1, -0.05) is 24.3 Å². The summed E-state index contributed by atoms with van der Waals surface area (Å²) in [4.78, 5) is 0. The number of hydrogen-bond acceptors (Lipinski definition) is 1. The van der Waals surface area contributed by atoms with Crippen molar-refractivity contribution in [3.05, 3.63) is 77.5 Å². The molecule has 0 saturated heterocycles. The molecule has 0 bridgehead atoms. The van der Waals surface area contributed by atoms with Gasteiger partial charge in [0.2, 0.25) is 5.52 Å². The van der Waals surface area contributed by atoms with Crippen LogP contribution in [0.4, 0.5) is 13.2 Å². The van der Waals surface area contributed by atoms with E-state index in [4.69, 9.17) is 5.26 Å². The van der Waals surface area contributed by atoms with E-state index in [0.29, 0.717) is 12.1 Å². The minimum absolute atomic E-state index is 0.397. The number of para-hydroxylation sites is 1. The monoisotopic (exact) mass is 313 g/mol. The van der Waals surface area contributed by atoms with Crippen LogP contribution in [-0.2, 0) is 12.7 Å². The standard InChI is InChI=1S/C18H12F3N2/c19-18(20,21)16-7-5-13(6-8-16)11-23-12-14(10-22)9-15-3-1-2-4-17(15)23/h1-9,12H,11H2/q+1. The molecule has 0 radical (unpaired) electrons. The van der Waals surface area contributed by atoms with Crippen LogP contribution in [0.5, 0.6) is 0 Å². The Morgan fingerprint density at radius 1 is 1.00 bits per heavy atom. The van der Waals surface area contributed by atoms with E-state index in [1.165, 1.54) is 12.1 Å². The van der Waals surface area contributed by atoms with Gasteiger partial charge in [-0.05, 0) is 24.3 Å². The van der Waals surface area contributed by atoms with Crippen LogP contribution in [0.1, 0.15) is 16.7 Å². The van der Waals surface area contributed by atoms with E-state index in [1.54, 1.807) is 12.3 Å². The first-order valence-electron chi connectivity index (χ1n) is 6.96. The summed E-state index contributed by atoms with van der Waals surface area (Å²) in [7, 11) is 0. The van der Waals surface area contributed by atoms with E-state index in [2.05, 4.69) is 6.07 Å². The summed E-state index contributed by atoms with van der Waals surface area (Å²) in [6.07, 6.45) is -2.63. The van der Waals surface area contributed by atoms with Gasteiger partial charge in [-0.25, -0.2) is 0 Å². The van der Waals surface area contributed by atoms with Crippen molar-refractivity contribution in [2.45, 2.75) is 12.7 Å². The third-order valence-corrected chi connectivity index (χ3v) is 3.62. The van der Waals surface area contributed by atoms with Gasteiger partial charge in [-0.3, -0.25) is 0 Å². The van der Waals surface area contributed by atoms with Gasteiger partial charge in [0.1, 0.15) is 11.6 Å². The van der Waals surface area contributed by atoms with Crippen molar-refractivity contribution in [1.29, 1.82) is 5.26 Å². The number of nitriles is 1. The maximum Gasteiger partial charge on any atom is 0.416 e. The van der Waals surface area contributed by atoms with Crippen LogP contribution in [0.25, 0.3) is 10.9 Å². The Hall–Kier alpha value is -2.87. The van der Waals surface area contributed by atoms with Gasteiger partial charge in [0.25, 0.3) is 0 Å². The van der Waals surface area contributed by atoms with E-state index in [9.17, 15) is 13.2 Å². The second-order valence-corrected chi connectivity index (χ2v) is 5.22. The highest BCUT2D eigenvalue weighted by molar-refractivity contribution is 5.76. The SMILES string of the molecule is N#Cc1cc2ccccc2[n+](Cc2ccc(C(F)(F)F)cc2)c1. The molecule has 0 amide bonds. The van der Waals surface area contributed by atoms with Crippen LogP contribution in [0.2, 0.25) is 0 Å². The second-order valence-electron chi connectivity index (χ2n) is 5.22. The van der Waals surface area contributed by atoms with Crippen molar-refractivity contribution in [2.75, 3.05) is 0 Å². The molecule has 0 spiro atoms. The Morgan fingerprint density at radius 3 is 2.35 bits per heavy atom. The quantitative estimate of drug-likeness (QED) is 0.655. The number of halogens is 3. The molecule has 0 unspecified atom stereocenters. The average molecular weight is 313 g/mol. The summed E-state index contributed by atoms with van der Waals surface area (Å²) in [5, 5.41) is 10.0. The maximum atomic E-state index is 12.6. The largest absolute Gasteiger partial charge is 0.416 e. The molecule has 0 aliphatic carbocycles. The number of benzene rings is 2. The van der Waals surface area contributed by atoms with E-state index in [0.717, 1.165) is 28.6 Å². The number of alkyl halides is 3. The number of aromatic nitrogens is 1. The Labute approximate surface area is 131 Å². The number of fused-ring (bicyclic) bond motifs is 1. The summed E-state index contributed by atoms with van der Waals surface area (Å²) in [6, 6.07) is 16.6. The Morgan fingerprint density at radius 2 is 1.70 bits per heavy atom. The maximum absolute atomic E-state index is 12.6. The highest BCUT2D eigenvalue weighted by atomic mass is 19.4. The topological polar surface area (TPSA) is 27.7 Å². The summed E-state index contributed by atoms with van der Waals surface area (Å²) in [6.45, 7) is 0.397. The van der Waals surface area contributed by atoms with Crippen molar-refractivity contribution in [3.63, 3.8) is 0 Å². The fraction of sp³-hybridized carbons (Fsp3) is 0.111. The lowest BCUT2D eigenvalue weighted by Crippen LogP contribution is -2.35. The molecule has 0 fully saturated rings. The third kappa shape index (κ3) is 3.16. The Bertz CT molecular complexity index is 891. The first-order chi connectivity index (χ1) is 11.0. The normalized spacial score (nSPS) is 11.4. The lowest BCUT2D eigenvalue weighted by molar-refractivity contribution is -0.662. The molecule has 0 atom stereocenters. The molecule has 0 aliphatic heterocycles. The zero-order valence-corrected chi connectivity index (χ0v) is 12.0. The van der Waals surface area contributed by atoms with Gasteiger partial charge in [0, 0.05) is 17.0 Å². The first-order valence-corrected chi connectivity index (χ1v) is 6.96. The molecule has 1 aromatic heterocycles. The van der Waals surface area contributed by atoms with E-state index in [-0.39, 0.29) is 0 Å². The molecule has 2 nitrogen and oxygen atoms in total. The van der Waals surface area contributed by atoms with Crippen molar-refractivity contribution in [1.82, 2.24) is 0 Å². The predicted molar refractivity (Wildman–Crippen MR) is 79.4 cm³/mol.